The van der Waals surface area contributed by atoms with E-state index in [9.17, 15) is 13.2 Å². The second-order valence-corrected chi connectivity index (χ2v) is 10.5. The number of benzene rings is 1. The Balaban J connectivity index is 1.59. The van der Waals surface area contributed by atoms with E-state index in [-0.39, 0.29) is 28.6 Å². The number of sulfonamides is 1. The molecule has 4 rings (SSSR count). The quantitative estimate of drug-likeness (QED) is 0.696. The van der Waals surface area contributed by atoms with E-state index in [1.807, 2.05) is 0 Å². The summed E-state index contributed by atoms with van der Waals surface area (Å²) in [6, 6.07) is 5.12. The van der Waals surface area contributed by atoms with Crippen LogP contribution < -0.4 is 0 Å². The lowest BCUT2D eigenvalue weighted by molar-refractivity contribution is 0.0674. The van der Waals surface area contributed by atoms with E-state index >= 15 is 0 Å². The van der Waals surface area contributed by atoms with Crippen molar-refractivity contribution in [2.24, 2.45) is 0 Å². The highest BCUT2D eigenvalue weighted by Crippen LogP contribution is 2.30. The van der Waals surface area contributed by atoms with Gasteiger partial charge in [-0.3, -0.25) is 4.79 Å². The van der Waals surface area contributed by atoms with Crippen LogP contribution in [0.1, 0.15) is 67.6 Å². The number of hydrogen-bond donors (Lipinski definition) is 0. The van der Waals surface area contributed by atoms with Gasteiger partial charge in [0.15, 0.2) is 0 Å². The molecule has 1 aliphatic heterocycles. The highest BCUT2D eigenvalue weighted by molar-refractivity contribution is 7.89. The van der Waals surface area contributed by atoms with Gasteiger partial charge in [0.25, 0.3) is 0 Å². The Bertz CT molecular complexity index is 1040. The van der Waals surface area contributed by atoms with E-state index in [4.69, 9.17) is 4.52 Å². The first-order valence-electron chi connectivity index (χ1n) is 11.1. The SMILES string of the molecule is Cc1ccc(-c2noc(C(=O)N3CCCCC3)n2)cc1S(=O)(=O)N(C)C1CCCCC1. The second-order valence-electron chi connectivity index (χ2n) is 8.57. The number of amides is 1. The van der Waals surface area contributed by atoms with Gasteiger partial charge >= 0.3 is 11.8 Å². The van der Waals surface area contributed by atoms with Crippen molar-refractivity contribution in [1.29, 1.82) is 0 Å². The molecular weight excluding hydrogens is 416 g/mol. The third kappa shape index (κ3) is 4.52. The van der Waals surface area contributed by atoms with Gasteiger partial charge in [-0.05, 0) is 50.7 Å². The molecule has 2 fully saturated rings. The molecule has 0 bridgehead atoms. The third-order valence-corrected chi connectivity index (χ3v) is 8.50. The van der Waals surface area contributed by atoms with E-state index in [0.29, 0.717) is 24.2 Å². The van der Waals surface area contributed by atoms with Crippen molar-refractivity contribution in [2.45, 2.75) is 69.2 Å². The van der Waals surface area contributed by atoms with E-state index in [2.05, 4.69) is 10.1 Å². The van der Waals surface area contributed by atoms with Gasteiger partial charge in [0, 0.05) is 31.7 Å². The van der Waals surface area contributed by atoms with E-state index < -0.39 is 10.0 Å². The lowest BCUT2D eigenvalue weighted by atomic mass is 9.96. The summed E-state index contributed by atoms with van der Waals surface area (Å²) >= 11 is 0. The Morgan fingerprint density at radius 3 is 2.48 bits per heavy atom. The van der Waals surface area contributed by atoms with Gasteiger partial charge in [-0.2, -0.15) is 9.29 Å². The average Bonchev–Trinajstić information content (AvgIpc) is 3.29. The van der Waals surface area contributed by atoms with Gasteiger partial charge in [0.2, 0.25) is 15.8 Å². The molecule has 8 nitrogen and oxygen atoms in total. The zero-order chi connectivity index (χ0) is 22.0. The molecule has 0 unspecified atom stereocenters. The molecule has 0 radical (unpaired) electrons. The summed E-state index contributed by atoms with van der Waals surface area (Å²) in [6.07, 6.45) is 8.12. The van der Waals surface area contributed by atoms with Crippen LogP contribution in [0.15, 0.2) is 27.6 Å². The number of carbonyl (C=O) groups is 1. The number of hydrogen-bond acceptors (Lipinski definition) is 6. The van der Waals surface area contributed by atoms with Crippen LogP contribution in [0.5, 0.6) is 0 Å². The maximum absolute atomic E-state index is 13.4. The number of aryl methyl sites for hydroxylation is 1. The van der Waals surface area contributed by atoms with Crippen molar-refractivity contribution in [2.75, 3.05) is 20.1 Å². The van der Waals surface area contributed by atoms with E-state index in [1.54, 1.807) is 37.1 Å². The van der Waals surface area contributed by atoms with Gasteiger partial charge in [0.1, 0.15) is 0 Å². The molecule has 0 spiro atoms. The molecule has 2 aromatic rings. The Morgan fingerprint density at radius 1 is 1.10 bits per heavy atom. The number of likely N-dealkylation sites (tertiary alicyclic amines) is 1. The molecule has 1 amide bonds. The van der Waals surface area contributed by atoms with Crippen molar-refractivity contribution in [3.8, 4) is 11.4 Å². The molecule has 0 N–H and O–H groups in total. The van der Waals surface area contributed by atoms with Crippen LogP contribution >= 0.6 is 0 Å². The highest BCUT2D eigenvalue weighted by atomic mass is 32.2. The van der Waals surface area contributed by atoms with Gasteiger partial charge in [-0.15, -0.1) is 0 Å². The van der Waals surface area contributed by atoms with Crippen LogP contribution in [0.4, 0.5) is 0 Å². The molecular formula is C22H30N4O4S. The van der Waals surface area contributed by atoms with Crippen LogP contribution in [0.3, 0.4) is 0 Å². The molecule has 1 aromatic heterocycles. The third-order valence-electron chi connectivity index (χ3n) is 6.44. The van der Waals surface area contributed by atoms with Crippen molar-refractivity contribution < 1.29 is 17.7 Å². The molecule has 0 atom stereocenters. The summed E-state index contributed by atoms with van der Waals surface area (Å²) in [5.74, 6) is -0.103. The van der Waals surface area contributed by atoms with Crippen molar-refractivity contribution in [3.05, 3.63) is 29.7 Å². The maximum Gasteiger partial charge on any atom is 0.316 e. The Labute approximate surface area is 183 Å². The van der Waals surface area contributed by atoms with Crippen molar-refractivity contribution >= 4 is 15.9 Å². The summed E-state index contributed by atoms with van der Waals surface area (Å²) in [6.45, 7) is 3.17. The topological polar surface area (TPSA) is 96.6 Å². The normalized spacial score (nSPS) is 18.5. The molecule has 168 valence electrons. The maximum atomic E-state index is 13.4. The van der Waals surface area contributed by atoms with Crippen LogP contribution in [0.25, 0.3) is 11.4 Å². The fraction of sp³-hybridized carbons (Fsp3) is 0.591. The number of rotatable bonds is 5. The minimum Gasteiger partial charge on any atom is -0.334 e. The first-order valence-corrected chi connectivity index (χ1v) is 12.5. The van der Waals surface area contributed by atoms with Crippen molar-refractivity contribution in [3.63, 3.8) is 0 Å². The predicted octanol–water partition coefficient (Wildman–Crippen LogP) is 3.62. The Kier molecular flexibility index (Phi) is 6.43. The summed E-state index contributed by atoms with van der Waals surface area (Å²) in [4.78, 5) is 18.9. The lowest BCUT2D eigenvalue weighted by Gasteiger charge is -2.30. The summed E-state index contributed by atoms with van der Waals surface area (Å²) < 4.78 is 33.4. The Hall–Kier alpha value is -2.26. The fourth-order valence-electron chi connectivity index (χ4n) is 4.47. The molecule has 1 aliphatic carbocycles. The predicted molar refractivity (Wildman–Crippen MR) is 116 cm³/mol. The van der Waals surface area contributed by atoms with Gasteiger partial charge in [-0.1, -0.05) is 36.6 Å². The number of carbonyl (C=O) groups excluding carboxylic acids is 1. The van der Waals surface area contributed by atoms with Crippen LogP contribution in [-0.4, -0.2) is 59.8 Å². The van der Waals surface area contributed by atoms with Crippen LogP contribution in [-0.2, 0) is 10.0 Å². The summed E-state index contributed by atoms with van der Waals surface area (Å²) in [5, 5.41) is 3.95. The second kappa shape index (κ2) is 9.08. The molecule has 1 aromatic carbocycles. The zero-order valence-corrected chi connectivity index (χ0v) is 19.0. The fourth-order valence-corrected chi connectivity index (χ4v) is 6.14. The first kappa shape index (κ1) is 22.0. The van der Waals surface area contributed by atoms with E-state index in [0.717, 1.165) is 51.4 Å². The number of nitrogens with zero attached hydrogens (tertiary/aromatic N) is 4. The molecule has 31 heavy (non-hydrogen) atoms. The lowest BCUT2D eigenvalue weighted by Crippen LogP contribution is -2.38. The van der Waals surface area contributed by atoms with E-state index in [1.165, 1.54) is 4.31 Å². The minimum atomic E-state index is -3.65. The highest BCUT2D eigenvalue weighted by Gasteiger charge is 2.31. The largest absolute Gasteiger partial charge is 0.334 e. The zero-order valence-electron chi connectivity index (χ0n) is 18.2. The number of piperidine rings is 1. The van der Waals surface area contributed by atoms with Gasteiger partial charge in [0.05, 0.1) is 4.90 Å². The molecule has 2 aliphatic rings. The molecule has 1 saturated heterocycles. The van der Waals surface area contributed by atoms with Gasteiger partial charge < -0.3 is 9.42 Å². The summed E-state index contributed by atoms with van der Waals surface area (Å²) in [5.41, 5.74) is 1.18. The number of aromatic nitrogens is 2. The van der Waals surface area contributed by atoms with Gasteiger partial charge in [-0.25, -0.2) is 8.42 Å². The standard InChI is InChI=1S/C22H30N4O4S/c1-16-11-12-17(15-19(16)31(28,29)25(2)18-9-5-3-6-10-18)20-23-21(30-24-20)22(27)26-13-7-4-8-14-26/h11-12,15,18H,3-10,13-14H2,1-2H3. The van der Waals surface area contributed by atoms with Crippen LogP contribution in [0.2, 0.25) is 0 Å². The average molecular weight is 447 g/mol. The first-order chi connectivity index (χ1) is 14.9. The minimum absolute atomic E-state index is 0.0285. The Morgan fingerprint density at radius 2 is 1.77 bits per heavy atom. The smallest absolute Gasteiger partial charge is 0.316 e. The van der Waals surface area contributed by atoms with Crippen LogP contribution in [0, 0.1) is 6.92 Å². The summed E-state index contributed by atoms with van der Waals surface area (Å²) in [7, 11) is -1.99. The molecule has 9 heteroatoms. The molecule has 1 saturated carbocycles. The molecule has 2 heterocycles. The van der Waals surface area contributed by atoms with Crippen molar-refractivity contribution in [1.82, 2.24) is 19.3 Å². The monoisotopic (exact) mass is 446 g/mol.